The van der Waals surface area contributed by atoms with Crippen molar-refractivity contribution in [1.82, 2.24) is 25.3 Å². The second-order valence-corrected chi connectivity index (χ2v) is 6.76. The van der Waals surface area contributed by atoms with Gasteiger partial charge in [-0.05, 0) is 42.8 Å². The maximum absolute atomic E-state index is 14.6. The lowest BCUT2D eigenvalue weighted by Crippen LogP contribution is -2.28. The number of hydrogen-bond acceptors (Lipinski definition) is 6. The average molecular weight is 436 g/mol. The number of halogens is 1. The monoisotopic (exact) mass is 436 g/mol. The predicted molar refractivity (Wildman–Crippen MR) is 118 cm³/mol. The molecule has 0 aliphatic carbocycles. The van der Waals surface area contributed by atoms with Gasteiger partial charge in [0.25, 0.3) is 5.88 Å². The summed E-state index contributed by atoms with van der Waals surface area (Å²) in [5.74, 6) is 0.547. The number of pyridine rings is 2. The molecule has 0 aliphatic heterocycles. The predicted octanol–water partition coefficient (Wildman–Crippen LogP) is 3.98. The van der Waals surface area contributed by atoms with Crippen LogP contribution >= 0.6 is 0 Å². The van der Waals surface area contributed by atoms with Crippen molar-refractivity contribution in [1.29, 1.82) is 0 Å². The average Bonchev–Trinajstić information content (AvgIpc) is 3.20. The van der Waals surface area contributed by atoms with Crippen molar-refractivity contribution >= 4 is 23.0 Å². The Labute approximate surface area is 183 Å². The molecule has 0 saturated heterocycles. The molecule has 4 rings (SSSR count). The van der Waals surface area contributed by atoms with Gasteiger partial charge >= 0.3 is 6.03 Å². The third-order valence-corrected chi connectivity index (χ3v) is 4.73. The van der Waals surface area contributed by atoms with E-state index in [1.807, 2.05) is 13.0 Å². The van der Waals surface area contributed by atoms with Gasteiger partial charge in [0.15, 0.2) is 5.75 Å². The highest BCUT2D eigenvalue weighted by molar-refractivity contribution is 5.98. The minimum absolute atomic E-state index is 0.142. The molecule has 0 atom stereocenters. The van der Waals surface area contributed by atoms with Crippen molar-refractivity contribution in [2.75, 3.05) is 26.1 Å². The smallest absolute Gasteiger partial charge is 0.321 e. The summed E-state index contributed by atoms with van der Waals surface area (Å²) in [6.07, 6.45) is 3.14. The van der Waals surface area contributed by atoms with Crippen LogP contribution in [0.2, 0.25) is 0 Å². The van der Waals surface area contributed by atoms with Crippen LogP contribution in [0.15, 0.2) is 42.7 Å². The largest absolute Gasteiger partial charge is 0.491 e. The van der Waals surface area contributed by atoms with Gasteiger partial charge in [-0.25, -0.2) is 19.2 Å². The highest BCUT2D eigenvalue weighted by Crippen LogP contribution is 2.36. The summed E-state index contributed by atoms with van der Waals surface area (Å²) in [4.78, 5) is 27.9. The van der Waals surface area contributed by atoms with Gasteiger partial charge in [0.1, 0.15) is 17.0 Å². The number of hydrogen-bond donors (Lipinski definition) is 3. The molecule has 32 heavy (non-hydrogen) atoms. The zero-order valence-electron chi connectivity index (χ0n) is 17.7. The van der Waals surface area contributed by atoms with Gasteiger partial charge in [0, 0.05) is 30.1 Å². The number of H-pyrrole nitrogens is 1. The number of nitrogens with zero attached hydrogens (tertiary/aromatic N) is 3. The van der Waals surface area contributed by atoms with Crippen molar-refractivity contribution in [3.63, 3.8) is 0 Å². The fraction of sp³-hybridized carbons (Fsp3) is 0.182. The quantitative estimate of drug-likeness (QED) is 0.421. The van der Waals surface area contributed by atoms with Gasteiger partial charge in [-0.15, -0.1) is 0 Å². The number of urea groups is 1. The summed E-state index contributed by atoms with van der Waals surface area (Å²) in [7, 11) is 3.03. The molecule has 3 heterocycles. The summed E-state index contributed by atoms with van der Waals surface area (Å²) < 4.78 is 25.2. The zero-order valence-corrected chi connectivity index (χ0v) is 17.7. The lowest BCUT2D eigenvalue weighted by molar-refractivity contribution is 0.252. The Morgan fingerprint density at radius 1 is 1.16 bits per heavy atom. The van der Waals surface area contributed by atoms with Crippen LogP contribution in [-0.4, -0.2) is 46.7 Å². The number of anilines is 1. The first-order valence-corrected chi connectivity index (χ1v) is 9.82. The van der Waals surface area contributed by atoms with E-state index >= 15 is 0 Å². The third kappa shape index (κ3) is 4.02. The van der Waals surface area contributed by atoms with Crippen LogP contribution in [0.1, 0.15) is 6.92 Å². The molecule has 0 aliphatic rings. The van der Waals surface area contributed by atoms with Crippen molar-refractivity contribution in [2.24, 2.45) is 0 Å². The van der Waals surface area contributed by atoms with Crippen molar-refractivity contribution in [3.8, 4) is 34.0 Å². The van der Waals surface area contributed by atoms with Gasteiger partial charge in [0.05, 0.1) is 19.7 Å². The maximum Gasteiger partial charge on any atom is 0.321 e. The molecule has 0 radical (unpaired) electrons. The first kappa shape index (κ1) is 21.0. The molecule has 164 valence electrons. The summed E-state index contributed by atoms with van der Waals surface area (Å²) in [5.41, 5.74) is 3.10. The zero-order chi connectivity index (χ0) is 22.7. The fourth-order valence-corrected chi connectivity index (χ4v) is 3.31. The number of nitrogens with one attached hydrogen (secondary N) is 3. The molecule has 0 bridgehead atoms. The molecule has 3 N–H and O–H groups in total. The Kier molecular flexibility index (Phi) is 5.84. The van der Waals surface area contributed by atoms with Crippen LogP contribution in [-0.2, 0) is 0 Å². The van der Waals surface area contributed by atoms with Gasteiger partial charge in [-0.3, -0.25) is 10.3 Å². The SMILES string of the molecule is CCNC(=O)Nc1nc2c(-c3ncccc3F)cc(-c3cnc(OC)c(OC)c3)cc2[nH]1. The van der Waals surface area contributed by atoms with E-state index in [1.165, 1.54) is 32.5 Å². The number of carbonyl (C=O) groups is 1. The molecular formula is C22H21FN6O3. The topological polar surface area (TPSA) is 114 Å². The number of methoxy groups -OCH3 is 2. The van der Waals surface area contributed by atoms with E-state index in [4.69, 9.17) is 9.47 Å². The summed E-state index contributed by atoms with van der Waals surface area (Å²) in [6, 6.07) is 7.83. The molecule has 2 amide bonds. The number of aromatic amines is 1. The second kappa shape index (κ2) is 8.88. The van der Waals surface area contributed by atoms with Crippen LogP contribution in [0.3, 0.4) is 0 Å². The Hall–Kier alpha value is -4.21. The van der Waals surface area contributed by atoms with Crippen molar-refractivity contribution in [2.45, 2.75) is 6.92 Å². The number of aromatic nitrogens is 4. The Morgan fingerprint density at radius 3 is 2.72 bits per heavy atom. The van der Waals surface area contributed by atoms with Crippen LogP contribution in [0.4, 0.5) is 15.1 Å². The number of fused-ring (bicyclic) bond motifs is 1. The van der Waals surface area contributed by atoms with Crippen molar-refractivity contribution in [3.05, 3.63) is 48.5 Å². The molecule has 10 heteroatoms. The second-order valence-electron chi connectivity index (χ2n) is 6.76. The van der Waals surface area contributed by atoms with Crippen LogP contribution in [0, 0.1) is 5.82 Å². The maximum atomic E-state index is 14.6. The van der Waals surface area contributed by atoms with E-state index in [2.05, 4.69) is 30.6 Å². The number of benzene rings is 1. The minimum atomic E-state index is -0.488. The van der Waals surface area contributed by atoms with Crippen LogP contribution < -0.4 is 20.1 Å². The van der Waals surface area contributed by atoms with Crippen LogP contribution in [0.25, 0.3) is 33.4 Å². The van der Waals surface area contributed by atoms with E-state index in [1.54, 1.807) is 18.3 Å². The van der Waals surface area contributed by atoms with E-state index in [0.29, 0.717) is 34.8 Å². The molecule has 3 aromatic heterocycles. The molecule has 0 saturated carbocycles. The van der Waals surface area contributed by atoms with E-state index < -0.39 is 11.8 Å². The highest BCUT2D eigenvalue weighted by atomic mass is 19.1. The molecule has 1 aromatic carbocycles. The number of amides is 2. The van der Waals surface area contributed by atoms with E-state index in [9.17, 15) is 9.18 Å². The first-order valence-electron chi connectivity index (χ1n) is 9.82. The summed E-state index contributed by atoms with van der Waals surface area (Å²) >= 11 is 0. The number of rotatable bonds is 6. The molecule has 4 aromatic rings. The molecule has 0 fully saturated rings. The van der Waals surface area contributed by atoms with Crippen LogP contribution in [0.5, 0.6) is 11.6 Å². The fourth-order valence-electron chi connectivity index (χ4n) is 3.31. The Morgan fingerprint density at radius 2 is 2.00 bits per heavy atom. The molecule has 0 unspecified atom stereocenters. The number of ether oxygens (including phenoxy) is 2. The van der Waals surface area contributed by atoms with E-state index in [0.717, 1.165) is 11.1 Å². The van der Waals surface area contributed by atoms with E-state index in [-0.39, 0.29) is 11.6 Å². The van der Waals surface area contributed by atoms with Crippen molar-refractivity contribution < 1.29 is 18.7 Å². The standard InChI is InChI=1S/C22H21FN6O3/c1-4-24-22(30)29-21-27-16-9-12(13-10-17(31-2)20(32-3)26-11-13)8-14(19(16)28-21)18-15(23)6-5-7-25-18/h5-11H,4H2,1-3H3,(H3,24,27,28,29,30). The minimum Gasteiger partial charge on any atom is -0.491 e. The highest BCUT2D eigenvalue weighted by Gasteiger charge is 2.18. The molecule has 0 spiro atoms. The summed E-state index contributed by atoms with van der Waals surface area (Å²) in [6.45, 7) is 2.27. The number of imidazole rings is 1. The van der Waals surface area contributed by atoms with Gasteiger partial charge in [0.2, 0.25) is 5.95 Å². The summed E-state index contributed by atoms with van der Waals surface area (Å²) in [5, 5.41) is 5.28. The molecule has 9 nitrogen and oxygen atoms in total. The van der Waals surface area contributed by atoms with Gasteiger partial charge in [-0.1, -0.05) is 0 Å². The first-order chi connectivity index (χ1) is 15.5. The Balaban J connectivity index is 1.90. The lowest BCUT2D eigenvalue weighted by Gasteiger charge is -2.10. The molecular weight excluding hydrogens is 415 g/mol. The normalized spacial score (nSPS) is 10.8. The lowest BCUT2D eigenvalue weighted by atomic mass is 10.0. The Bertz CT molecular complexity index is 1290. The van der Waals surface area contributed by atoms with Gasteiger partial charge in [-0.2, -0.15) is 0 Å². The number of carbonyl (C=O) groups excluding carboxylic acids is 1. The van der Waals surface area contributed by atoms with Gasteiger partial charge < -0.3 is 19.8 Å². The third-order valence-electron chi connectivity index (χ3n) is 4.73.